The summed E-state index contributed by atoms with van der Waals surface area (Å²) in [7, 11) is 0. The quantitative estimate of drug-likeness (QED) is 0.793. The van der Waals surface area contributed by atoms with Crippen molar-refractivity contribution in [3.05, 3.63) is 41.5 Å². The third kappa shape index (κ3) is 4.06. The zero-order chi connectivity index (χ0) is 17.2. The molecule has 1 atom stereocenters. The SMILES string of the molecule is Fc1ccccc1[C@H]1CN(Cc2nnnn2CC(F)(F)F)CCO1. The van der Waals surface area contributed by atoms with Crippen LogP contribution in [-0.4, -0.2) is 51.0 Å². The first-order chi connectivity index (χ1) is 11.4. The molecule has 2 aromatic rings. The van der Waals surface area contributed by atoms with E-state index < -0.39 is 18.8 Å². The van der Waals surface area contributed by atoms with Crippen LogP contribution in [0.2, 0.25) is 0 Å². The molecule has 0 amide bonds. The van der Waals surface area contributed by atoms with Gasteiger partial charge in [-0.3, -0.25) is 4.90 Å². The van der Waals surface area contributed by atoms with E-state index in [1.165, 1.54) is 6.07 Å². The number of benzene rings is 1. The van der Waals surface area contributed by atoms with Gasteiger partial charge >= 0.3 is 6.18 Å². The number of halogens is 4. The van der Waals surface area contributed by atoms with Crippen molar-refractivity contribution in [2.45, 2.75) is 25.4 Å². The highest BCUT2D eigenvalue weighted by Gasteiger charge is 2.31. The molecule has 24 heavy (non-hydrogen) atoms. The minimum absolute atomic E-state index is 0.113. The molecule has 1 fully saturated rings. The fourth-order valence-corrected chi connectivity index (χ4v) is 2.60. The molecule has 2 heterocycles. The molecule has 1 aliphatic heterocycles. The van der Waals surface area contributed by atoms with Crippen molar-refractivity contribution in [3.8, 4) is 0 Å². The van der Waals surface area contributed by atoms with Crippen LogP contribution >= 0.6 is 0 Å². The maximum Gasteiger partial charge on any atom is 0.408 e. The Labute approximate surface area is 135 Å². The summed E-state index contributed by atoms with van der Waals surface area (Å²) in [5, 5.41) is 10.3. The molecule has 0 radical (unpaired) electrons. The topological polar surface area (TPSA) is 56.1 Å². The monoisotopic (exact) mass is 345 g/mol. The Hall–Kier alpha value is -2.07. The largest absolute Gasteiger partial charge is 0.408 e. The van der Waals surface area contributed by atoms with Crippen molar-refractivity contribution in [2.24, 2.45) is 0 Å². The lowest BCUT2D eigenvalue weighted by molar-refractivity contribution is -0.143. The van der Waals surface area contributed by atoms with Crippen molar-refractivity contribution < 1.29 is 22.3 Å². The number of aromatic nitrogens is 4. The minimum Gasteiger partial charge on any atom is -0.371 e. The summed E-state index contributed by atoms with van der Waals surface area (Å²) < 4.78 is 57.7. The Morgan fingerprint density at radius 1 is 1.25 bits per heavy atom. The van der Waals surface area contributed by atoms with E-state index in [1.807, 2.05) is 4.90 Å². The van der Waals surface area contributed by atoms with Gasteiger partial charge in [0.2, 0.25) is 0 Å². The maximum absolute atomic E-state index is 13.9. The molecule has 0 spiro atoms. The summed E-state index contributed by atoms with van der Waals surface area (Å²) in [6.07, 6.45) is -4.88. The molecule has 10 heteroatoms. The summed E-state index contributed by atoms with van der Waals surface area (Å²) in [5.74, 6) is -0.257. The molecule has 0 saturated carbocycles. The van der Waals surface area contributed by atoms with Gasteiger partial charge in [0.05, 0.1) is 19.3 Å². The fourth-order valence-electron chi connectivity index (χ4n) is 2.60. The normalized spacial score (nSPS) is 19.6. The van der Waals surface area contributed by atoms with Gasteiger partial charge in [-0.1, -0.05) is 18.2 Å². The third-order valence-electron chi connectivity index (χ3n) is 3.70. The third-order valence-corrected chi connectivity index (χ3v) is 3.70. The highest BCUT2D eigenvalue weighted by molar-refractivity contribution is 5.20. The van der Waals surface area contributed by atoms with E-state index in [2.05, 4.69) is 15.5 Å². The lowest BCUT2D eigenvalue weighted by Gasteiger charge is -2.32. The van der Waals surface area contributed by atoms with Gasteiger partial charge in [-0.25, -0.2) is 9.07 Å². The predicted octanol–water partition coefficient (Wildman–Crippen LogP) is 1.95. The van der Waals surface area contributed by atoms with Crippen LogP contribution in [0.3, 0.4) is 0 Å². The Kier molecular flexibility index (Phi) is 4.76. The van der Waals surface area contributed by atoms with E-state index in [0.717, 1.165) is 4.68 Å². The zero-order valence-electron chi connectivity index (χ0n) is 12.6. The van der Waals surface area contributed by atoms with Gasteiger partial charge in [0.1, 0.15) is 12.4 Å². The van der Waals surface area contributed by atoms with Gasteiger partial charge in [0.25, 0.3) is 0 Å². The number of tetrazole rings is 1. The zero-order valence-corrected chi connectivity index (χ0v) is 12.6. The van der Waals surface area contributed by atoms with Crippen LogP contribution in [0.1, 0.15) is 17.5 Å². The molecule has 1 saturated heterocycles. The standard InChI is InChI=1S/C14H15F4N5O/c15-11-4-2-1-3-10(11)12-7-22(5-6-24-12)8-13-19-20-21-23(13)9-14(16,17)18/h1-4,12H,5-9H2/t12-/m1/s1. The average Bonchev–Trinajstić information content (AvgIpc) is 2.93. The Balaban J connectivity index is 1.68. The van der Waals surface area contributed by atoms with Crippen LogP contribution in [0.25, 0.3) is 0 Å². The summed E-state index contributed by atoms with van der Waals surface area (Å²) in [4.78, 5) is 1.85. The number of ether oxygens (including phenoxy) is 1. The molecule has 0 unspecified atom stereocenters. The van der Waals surface area contributed by atoms with Crippen LogP contribution in [0.15, 0.2) is 24.3 Å². The van der Waals surface area contributed by atoms with Crippen molar-refractivity contribution in [2.75, 3.05) is 19.7 Å². The van der Waals surface area contributed by atoms with Gasteiger partial charge in [-0.2, -0.15) is 13.2 Å². The molecule has 0 N–H and O–H groups in total. The first kappa shape index (κ1) is 16.8. The Morgan fingerprint density at radius 2 is 2.04 bits per heavy atom. The highest BCUT2D eigenvalue weighted by atomic mass is 19.4. The van der Waals surface area contributed by atoms with E-state index in [1.54, 1.807) is 18.2 Å². The van der Waals surface area contributed by atoms with Gasteiger partial charge in [0.15, 0.2) is 5.82 Å². The number of nitrogens with zero attached hydrogens (tertiary/aromatic N) is 5. The van der Waals surface area contributed by atoms with Crippen molar-refractivity contribution in [1.82, 2.24) is 25.1 Å². The van der Waals surface area contributed by atoms with Crippen LogP contribution in [0.4, 0.5) is 17.6 Å². The Morgan fingerprint density at radius 3 is 2.79 bits per heavy atom. The minimum atomic E-state index is -4.40. The van der Waals surface area contributed by atoms with Crippen molar-refractivity contribution in [1.29, 1.82) is 0 Å². The molecule has 3 rings (SSSR count). The summed E-state index contributed by atoms with van der Waals surface area (Å²) in [6, 6.07) is 6.29. The lowest BCUT2D eigenvalue weighted by Crippen LogP contribution is -2.39. The molecular weight excluding hydrogens is 330 g/mol. The van der Waals surface area contributed by atoms with Crippen LogP contribution in [0, 0.1) is 5.82 Å². The van der Waals surface area contributed by atoms with E-state index in [9.17, 15) is 17.6 Å². The number of hydrogen-bond donors (Lipinski definition) is 0. The number of rotatable bonds is 4. The molecule has 0 bridgehead atoms. The molecule has 1 aromatic carbocycles. The molecule has 6 nitrogen and oxygen atoms in total. The van der Waals surface area contributed by atoms with Crippen LogP contribution < -0.4 is 0 Å². The molecule has 1 aromatic heterocycles. The highest BCUT2D eigenvalue weighted by Crippen LogP contribution is 2.25. The van der Waals surface area contributed by atoms with Crippen LogP contribution in [0.5, 0.6) is 0 Å². The average molecular weight is 345 g/mol. The second-order valence-electron chi connectivity index (χ2n) is 5.48. The number of hydrogen-bond acceptors (Lipinski definition) is 5. The number of alkyl halides is 3. The van der Waals surface area contributed by atoms with Crippen LogP contribution in [-0.2, 0) is 17.8 Å². The maximum atomic E-state index is 13.9. The second kappa shape index (κ2) is 6.81. The lowest BCUT2D eigenvalue weighted by atomic mass is 10.1. The second-order valence-corrected chi connectivity index (χ2v) is 5.48. The molecular formula is C14H15F4N5O. The summed E-state index contributed by atoms with van der Waals surface area (Å²) >= 11 is 0. The fraction of sp³-hybridized carbons (Fsp3) is 0.500. The van der Waals surface area contributed by atoms with Crippen molar-refractivity contribution >= 4 is 0 Å². The van der Waals surface area contributed by atoms with Gasteiger partial charge in [-0.05, 0) is 16.5 Å². The van der Waals surface area contributed by atoms with E-state index in [-0.39, 0.29) is 18.2 Å². The Bertz CT molecular complexity index is 690. The van der Waals surface area contributed by atoms with E-state index >= 15 is 0 Å². The smallest absolute Gasteiger partial charge is 0.371 e. The van der Waals surface area contributed by atoms with E-state index in [0.29, 0.717) is 25.3 Å². The van der Waals surface area contributed by atoms with Gasteiger partial charge in [0, 0.05) is 18.7 Å². The molecule has 1 aliphatic rings. The van der Waals surface area contributed by atoms with Crippen molar-refractivity contribution in [3.63, 3.8) is 0 Å². The van der Waals surface area contributed by atoms with E-state index in [4.69, 9.17) is 4.74 Å². The first-order valence-corrected chi connectivity index (χ1v) is 7.32. The molecule has 0 aliphatic carbocycles. The number of morpholine rings is 1. The molecule has 130 valence electrons. The first-order valence-electron chi connectivity index (χ1n) is 7.32. The summed E-state index contributed by atoms with van der Waals surface area (Å²) in [5.41, 5.74) is 0.428. The van der Waals surface area contributed by atoms with Gasteiger partial charge < -0.3 is 4.74 Å². The summed E-state index contributed by atoms with van der Waals surface area (Å²) in [6.45, 7) is 0.0945. The van der Waals surface area contributed by atoms with Gasteiger partial charge in [-0.15, -0.1) is 5.10 Å². The predicted molar refractivity (Wildman–Crippen MR) is 74.2 cm³/mol.